The monoisotopic (exact) mass is 636 g/mol. The van der Waals surface area contributed by atoms with E-state index in [1.165, 1.54) is 6.07 Å². The Balaban J connectivity index is 0. The van der Waals surface area contributed by atoms with Crippen LogP contribution in [0.2, 0.25) is 5.02 Å². The highest BCUT2D eigenvalue weighted by atomic mass is 35.5. The first-order valence-corrected chi connectivity index (χ1v) is 14.6. The van der Waals surface area contributed by atoms with Crippen molar-refractivity contribution in [3.8, 4) is 0 Å². The first-order valence-electron chi connectivity index (χ1n) is 14.3. The van der Waals surface area contributed by atoms with Gasteiger partial charge in [0, 0.05) is 51.0 Å². The topological polar surface area (TPSA) is 126 Å². The van der Waals surface area contributed by atoms with Gasteiger partial charge in [0.15, 0.2) is 0 Å². The standard InChI is InChI=1S/C21H29FN2O3.C9H13ClN2O.C2H6.CH2O/c1-5-7-16-10-17(19(22)12-18(16)14(3)23)11-20(21(26)27)24(4)9-8-15(6-2)13-25;1-12(2)9-8(10)4-7(5-11-9)6-13-3;2*1-2/h5,7,10,12-13,15,20H,3,6,8-9,11,23H2,1-2,4H3,(H,26,27);4-5H,6H2,1-3H3;1-2H3;1H2/b7-5-;;;. The van der Waals surface area contributed by atoms with Crippen molar-refractivity contribution in [2.45, 2.75) is 59.6 Å². The van der Waals surface area contributed by atoms with E-state index in [2.05, 4.69) is 11.6 Å². The van der Waals surface area contributed by atoms with Crippen molar-refractivity contribution in [3.05, 3.63) is 70.1 Å². The van der Waals surface area contributed by atoms with Gasteiger partial charge in [-0.2, -0.15) is 0 Å². The summed E-state index contributed by atoms with van der Waals surface area (Å²) in [6.07, 6.45) is 7.53. The summed E-state index contributed by atoms with van der Waals surface area (Å²) in [5.41, 5.74) is 8.45. The number of rotatable bonds is 14. The zero-order chi connectivity index (χ0) is 34.4. The van der Waals surface area contributed by atoms with E-state index < -0.39 is 17.8 Å². The van der Waals surface area contributed by atoms with Crippen LogP contribution in [0.3, 0.4) is 0 Å². The average Bonchev–Trinajstić information content (AvgIpc) is 2.99. The SMILES string of the molecule is C=C(N)c1cc(F)c(CC(C(=O)O)N(C)CCC(C=O)CC)cc1/C=C\C.C=O.CC.COCc1cnc(N(C)C)c(Cl)c1. The second-order valence-electron chi connectivity index (χ2n) is 9.66. The van der Waals surface area contributed by atoms with E-state index in [-0.39, 0.29) is 18.0 Å². The van der Waals surface area contributed by atoms with Crippen LogP contribution in [-0.2, 0) is 32.1 Å². The lowest BCUT2D eigenvalue weighted by Gasteiger charge is -2.26. The summed E-state index contributed by atoms with van der Waals surface area (Å²) in [6, 6.07) is 3.89. The molecule has 44 heavy (non-hydrogen) atoms. The summed E-state index contributed by atoms with van der Waals surface area (Å²) in [5.74, 6) is -0.865. The summed E-state index contributed by atoms with van der Waals surface area (Å²) >= 11 is 6.00. The van der Waals surface area contributed by atoms with E-state index in [1.807, 2.05) is 59.5 Å². The van der Waals surface area contributed by atoms with Crippen molar-refractivity contribution < 1.29 is 28.6 Å². The third-order valence-corrected chi connectivity index (χ3v) is 6.60. The van der Waals surface area contributed by atoms with Crippen LogP contribution in [0.5, 0.6) is 0 Å². The van der Waals surface area contributed by atoms with Gasteiger partial charge < -0.3 is 30.1 Å². The fourth-order valence-electron chi connectivity index (χ4n) is 3.97. The molecule has 1 aromatic carbocycles. The minimum absolute atomic E-state index is 0.0113. The van der Waals surface area contributed by atoms with Gasteiger partial charge in [-0.3, -0.25) is 9.69 Å². The molecule has 0 radical (unpaired) electrons. The molecule has 0 fully saturated rings. The Morgan fingerprint density at radius 3 is 2.27 bits per heavy atom. The summed E-state index contributed by atoms with van der Waals surface area (Å²) in [7, 11) is 7.14. The number of halogens is 2. The number of carboxylic acid groups (broad SMARTS) is 1. The normalized spacial score (nSPS) is 11.6. The highest BCUT2D eigenvalue weighted by molar-refractivity contribution is 6.33. The number of carboxylic acids is 1. The van der Waals surface area contributed by atoms with E-state index in [0.29, 0.717) is 47.7 Å². The molecule has 0 spiro atoms. The van der Waals surface area contributed by atoms with Crippen molar-refractivity contribution in [2.75, 3.05) is 39.7 Å². The quantitative estimate of drug-likeness (QED) is 0.236. The maximum Gasteiger partial charge on any atom is 0.321 e. The Bertz CT molecular complexity index is 1190. The van der Waals surface area contributed by atoms with Crippen molar-refractivity contribution in [1.29, 1.82) is 0 Å². The van der Waals surface area contributed by atoms with Crippen molar-refractivity contribution >= 4 is 48.2 Å². The Kier molecular flexibility index (Phi) is 23.0. The number of hydrogen-bond acceptors (Lipinski definition) is 8. The number of aliphatic carboxylic acids is 1. The maximum atomic E-state index is 14.6. The molecule has 0 saturated carbocycles. The number of nitrogens with two attached hydrogens (primary N) is 1. The van der Waals surface area contributed by atoms with E-state index in [4.69, 9.17) is 26.9 Å². The van der Waals surface area contributed by atoms with Gasteiger partial charge in [-0.15, -0.1) is 0 Å². The highest BCUT2D eigenvalue weighted by Crippen LogP contribution is 2.24. The predicted octanol–water partition coefficient (Wildman–Crippen LogP) is 6.12. The van der Waals surface area contributed by atoms with Crippen LogP contribution in [0, 0.1) is 11.7 Å². The molecule has 2 atom stereocenters. The van der Waals surface area contributed by atoms with Gasteiger partial charge in [0.25, 0.3) is 0 Å². The van der Waals surface area contributed by atoms with Gasteiger partial charge in [-0.1, -0.05) is 51.1 Å². The molecule has 2 rings (SSSR count). The minimum Gasteiger partial charge on any atom is -0.480 e. The van der Waals surface area contributed by atoms with Gasteiger partial charge in [-0.25, -0.2) is 9.37 Å². The predicted molar refractivity (Wildman–Crippen MR) is 179 cm³/mol. The van der Waals surface area contributed by atoms with Gasteiger partial charge >= 0.3 is 5.97 Å². The molecular weight excluding hydrogens is 587 g/mol. The molecule has 246 valence electrons. The number of ether oxygens (including phenoxy) is 1. The molecule has 0 amide bonds. The number of likely N-dealkylation sites (N-methyl/N-ethyl adjacent to an activating group) is 1. The number of aldehydes is 1. The van der Waals surface area contributed by atoms with E-state index in [1.54, 1.807) is 43.5 Å². The van der Waals surface area contributed by atoms with Crippen LogP contribution < -0.4 is 10.6 Å². The Labute approximate surface area is 267 Å². The van der Waals surface area contributed by atoms with Crippen LogP contribution >= 0.6 is 11.6 Å². The van der Waals surface area contributed by atoms with Gasteiger partial charge in [-0.05, 0) is 68.2 Å². The second-order valence-corrected chi connectivity index (χ2v) is 10.1. The number of pyridine rings is 1. The number of allylic oxidation sites excluding steroid dienone is 1. The fourth-order valence-corrected chi connectivity index (χ4v) is 4.33. The third kappa shape index (κ3) is 14.7. The van der Waals surface area contributed by atoms with Crippen LogP contribution in [-0.4, -0.2) is 74.9 Å². The summed E-state index contributed by atoms with van der Waals surface area (Å²) < 4.78 is 19.5. The number of nitrogens with zero attached hydrogens (tertiary/aromatic N) is 3. The molecular formula is C33H50ClFN4O5. The highest BCUT2D eigenvalue weighted by Gasteiger charge is 2.25. The van der Waals surface area contributed by atoms with E-state index >= 15 is 0 Å². The lowest BCUT2D eigenvalue weighted by Crippen LogP contribution is -2.41. The number of benzene rings is 1. The molecule has 9 nitrogen and oxygen atoms in total. The van der Waals surface area contributed by atoms with Crippen molar-refractivity contribution in [3.63, 3.8) is 0 Å². The van der Waals surface area contributed by atoms with Crippen LogP contribution in [0.25, 0.3) is 11.8 Å². The number of aromatic nitrogens is 1. The number of carbonyl (C=O) groups excluding carboxylic acids is 2. The fraction of sp³-hybridized carbons (Fsp3) is 0.455. The van der Waals surface area contributed by atoms with Crippen molar-refractivity contribution in [2.24, 2.45) is 11.7 Å². The zero-order valence-corrected chi connectivity index (χ0v) is 28.2. The Morgan fingerprint density at radius 2 is 1.84 bits per heavy atom. The summed E-state index contributed by atoms with van der Waals surface area (Å²) in [6.45, 7) is 14.4. The molecule has 3 N–H and O–H groups in total. The molecule has 2 aromatic rings. The molecule has 0 saturated heterocycles. The molecule has 0 aliphatic rings. The third-order valence-electron chi connectivity index (χ3n) is 6.32. The van der Waals surface area contributed by atoms with Crippen LogP contribution in [0.4, 0.5) is 10.2 Å². The number of hydrogen-bond donors (Lipinski definition) is 2. The molecule has 0 aliphatic heterocycles. The molecule has 1 aromatic heterocycles. The second kappa shape index (κ2) is 23.8. The molecule has 11 heteroatoms. The first kappa shape index (κ1) is 42.5. The Hall–Kier alpha value is -3.60. The Morgan fingerprint density at radius 1 is 1.23 bits per heavy atom. The molecule has 1 heterocycles. The van der Waals surface area contributed by atoms with Crippen LogP contribution in [0.15, 0.2) is 37.1 Å². The molecule has 2 unspecified atom stereocenters. The zero-order valence-electron chi connectivity index (χ0n) is 27.4. The minimum atomic E-state index is -1.03. The summed E-state index contributed by atoms with van der Waals surface area (Å²) in [5, 5.41) is 10.3. The lowest BCUT2D eigenvalue weighted by molar-refractivity contribution is -0.142. The number of methoxy groups -OCH3 is 1. The largest absolute Gasteiger partial charge is 0.480 e. The van der Waals surface area contributed by atoms with Gasteiger partial charge in [0.05, 0.1) is 11.6 Å². The molecule has 0 aliphatic carbocycles. The summed E-state index contributed by atoms with van der Waals surface area (Å²) in [4.78, 5) is 38.4. The smallest absolute Gasteiger partial charge is 0.321 e. The lowest BCUT2D eigenvalue weighted by atomic mass is 9.96. The molecule has 0 bridgehead atoms. The number of anilines is 1. The average molecular weight is 637 g/mol. The number of carbonyl (C=O) groups is 3. The maximum absolute atomic E-state index is 14.6. The first-order chi connectivity index (χ1) is 20.9. The van der Waals surface area contributed by atoms with Gasteiger partial charge in [0.2, 0.25) is 0 Å². The van der Waals surface area contributed by atoms with Crippen LogP contribution in [0.1, 0.15) is 62.8 Å². The van der Waals surface area contributed by atoms with Crippen molar-refractivity contribution in [1.82, 2.24) is 9.88 Å². The van der Waals surface area contributed by atoms with E-state index in [9.17, 15) is 19.1 Å². The van der Waals surface area contributed by atoms with E-state index in [0.717, 1.165) is 17.7 Å². The van der Waals surface area contributed by atoms with Gasteiger partial charge in [0.1, 0.15) is 30.8 Å².